The first-order valence-corrected chi connectivity index (χ1v) is 7.28. The third-order valence-corrected chi connectivity index (χ3v) is 4.59. The molecule has 0 radical (unpaired) electrons. The molecule has 19 heavy (non-hydrogen) atoms. The van der Waals surface area contributed by atoms with E-state index in [-0.39, 0.29) is 0 Å². The summed E-state index contributed by atoms with van der Waals surface area (Å²) in [4.78, 5) is 15.8. The summed E-state index contributed by atoms with van der Waals surface area (Å²) in [5.74, 6) is -0.0201. The fraction of sp³-hybridized carbons (Fsp3) is 0.625. The van der Waals surface area contributed by atoms with Gasteiger partial charge in [-0.3, -0.25) is 9.78 Å². The van der Waals surface area contributed by atoms with Crippen molar-refractivity contribution in [2.75, 3.05) is 0 Å². The Balaban J connectivity index is 2.05. The van der Waals surface area contributed by atoms with Crippen LogP contribution in [0.1, 0.15) is 51.0 Å². The molecule has 0 aliphatic heterocycles. The number of hydrogen-bond acceptors (Lipinski definition) is 2. The lowest BCUT2D eigenvalue weighted by atomic mass is 9.66. The Bertz CT molecular complexity index is 418. The van der Waals surface area contributed by atoms with Crippen molar-refractivity contribution in [1.82, 2.24) is 4.98 Å². The molecule has 0 spiro atoms. The van der Waals surface area contributed by atoms with E-state index in [4.69, 9.17) is 0 Å². The summed E-state index contributed by atoms with van der Waals surface area (Å²) in [6.45, 7) is 2.17. The molecular weight excluding hydrogens is 238 g/mol. The molecule has 1 fully saturated rings. The van der Waals surface area contributed by atoms with Crippen LogP contribution in [0.5, 0.6) is 0 Å². The Labute approximate surface area is 115 Å². The highest BCUT2D eigenvalue weighted by molar-refractivity contribution is 5.74. The Morgan fingerprint density at radius 3 is 3.05 bits per heavy atom. The van der Waals surface area contributed by atoms with Gasteiger partial charge >= 0.3 is 5.97 Å². The zero-order valence-electron chi connectivity index (χ0n) is 11.6. The first-order chi connectivity index (χ1) is 9.16. The highest BCUT2D eigenvalue weighted by atomic mass is 16.4. The average molecular weight is 261 g/mol. The lowest BCUT2D eigenvalue weighted by molar-refractivity contribution is -0.152. The lowest BCUT2D eigenvalue weighted by Gasteiger charge is -2.37. The summed E-state index contributed by atoms with van der Waals surface area (Å²) in [7, 11) is 0. The van der Waals surface area contributed by atoms with Crippen LogP contribution in [-0.2, 0) is 11.2 Å². The van der Waals surface area contributed by atoms with E-state index in [9.17, 15) is 9.90 Å². The number of aliphatic carboxylic acids is 1. The summed E-state index contributed by atoms with van der Waals surface area (Å²) in [5.41, 5.74) is 0.635. The molecule has 0 saturated heterocycles. The van der Waals surface area contributed by atoms with Crippen LogP contribution in [-0.4, -0.2) is 16.1 Å². The minimum atomic E-state index is -0.602. The van der Waals surface area contributed by atoms with E-state index in [0.717, 1.165) is 44.1 Å². The summed E-state index contributed by atoms with van der Waals surface area (Å²) < 4.78 is 0. The maximum atomic E-state index is 11.7. The number of rotatable bonds is 5. The van der Waals surface area contributed by atoms with Gasteiger partial charge in [-0.15, -0.1) is 0 Å². The van der Waals surface area contributed by atoms with Gasteiger partial charge in [0.1, 0.15) is 0 Å². The van der Waals surface area contributed by atoms with Crippen LogP contribution in [0.25, 0.3) is 0 Å². The number of pyridine rings is 1. The van der Waals surface area contributed by atoms with Crippen molar-refractivity contribution in [2.45, 2.75) is 51.9 Å². The Hall–Kier alpha value is -1.38. The fourth-order valence-electron chi connectivity index (χ4n) is 3.29. The van der Waals surface area contributed by atoms with E-state index in [1.807, 2.05) is 18.3 Å². The Morgan fingerprint density at radius 1 is 1.58 bits per heavy atom. The number of aromatic nitrogens is 1. The largest absolute Gasteiger partial charge is 0.481 e. The quantitative estimate of drug-likeness (QED) is 0.879. The fourth-order valence-corrected chi connectivity index (χ4v) is 3.29. The van der Waals surface area contributed by atoms with Crippen LogP contribution >= 0.6 is 0 Å². The molecular formula is C16H23NO2. The Kier molecular flexibility index (Phi) is 4.56. The van der Waals surface area contributed by atoms with Crippen molar-refractivity contribution in [3.8, 4) is 0 Å². The van der Waals surface area contributed by atoms with Gasteiger partial charge < -0.3 is 5.11 Å². The van der Waals surface area contributed by atoms with E-state index in [0.29, 0.717) is 5.92 Å². The minimum absolute atomic E-state index is 0.505. The van der Waals surface area contributed by atoms with Gasteiger partial charge in [0, 0.05) is 12.4 Å². The van der Waals surface area contributed by atoms with E-state index >= 15 is 0 Å². The van der Waals surface area contributed by atoms with Gasteiger partial charge in [-0.2, -0.15) is 0 Å². The molecule has 3 nitrogen and oxygen atoms in total. The van der Waals surface area contributed by atoms with Crippen molar-refractivity contribution in [1.29, 1.82) is 0 Å². The molecule has 0 aromatic carbocycles. The first-order valence-electron chi connectivity index (χ1n) is 7.28. The molecule has 0 amide bonds. The van der Waals surface area contributed by atoms with Crippen LogP contribution < -0.4 is 0 Å². The number of hydrogen-bond donors (Lipinski definition) is 1. The molecule has 0 bridgehead atoms. The molecule has 1 aromatic heterocycles. The molecule has 2 unspecified atom stereocenters. The molecule has 1 heterocycles. The van der Waals surface area contributed by atoms with Gasteiger partial charge in [0.2, 0.25) is 0 Å². The first kappa shape index (κ1) is 14.0. The highest BCUT2D eigenvalue weighted by Gasteiger charge is 2.41. The highest BCUT2D eigenvalue weighted by Crippen LogP contribution is 2.44. The van der Waals surface area contributed by atoms with Crippen molar-refractivity contribution in [3.63, 3.8) is 0 Å². The van der Waals surface area contributed by atoms with Gasteiger partial charge in [-0.25, -0.2) is 0 Å². The molecule has 1 aliphatic carbocycles. The molecule has 104 valence electrons. The maximum Gasteiger partial charge on any atom is 0.309 e. The summed E-state index contributed by atoms with van der Waals surface area (Å²) in [6, 6.07) is 3.95. The number of aryl methyl sites for hydroxylation is 1. The maximum absolute atomic E-state index is 11.7. The monoisotopic (exact) mass is 261 g/mol. The molecule has 2 atom stereocenters. The molecule has 2 rings (SSSR count). The number of carbonyl (C=O) groups is 1. The Morgan fingerprint density at radius 2 is 2.42 bits per heavy atom. The summed E-state index contributed by atoms with van der Waals surface area (Å²) >= 11 is 0. The van der Waals surface area contributed by atoms with Crippen LogP contribution in [0.2, 0.25) is 0 Å². The second-order valence-electron chi connectivity index (χ2n) is 5.82. The third kappa shape index (κ3) is 3.34. The van der Waals surface area contributed by atoms with E-state index in [2.05, 4.69) is 11.9 Å². The van der Waals surface area contributed by atoms with Crippen molar-refractivity contribution < 1.29 is 9.90 Å². The molecule has 1 N–H and O–H groups in total. The zero-order valence-corrected chi connectivity index (χ0v) is 11.6. The van der Waals surface area contributed by atoms with E-state index < -0.39 is 11.4 Å². The van der Waals surface area contributed by atoms with Gasteiger partial charge in [-0.05, 0) is 43.2 Å². The second-order valence-corrected chi connectivity index (χ2v) is 5.82. The summed E-state index contributed by atoms with van der Waals surface area (Å²) in [5, 5.41) is 9.66. The predicted octanol–water partition coefficient (Wildman–Crippen LogP) is 3.69. The number of carboxylic acids is 1. The van der Waals surface area contributed by atoms with Gasteiger partial charge in [0.15, 0.2) is 0 Å². The van der Waals surface area contributed by atoms with Crippen LogP contribution in [0, 0.1) is 11.3 Å². The smallest absolute Gasteiger partial charge is 0.309 e. The van der Waals surface area contributed by atoms with E-state index in [1.165, 1.54) is 6.42 Å². The average Bonchev–Trinajstić information content (AvgIpc) is 2.46. The second kappa shape index (κ2) is 6.18. The molecule has 3 heteroatoms. The van der Waals surface area contributed by atoms with Gasteiger partial charge in [0.25, 0.3) is 0 Å². The topological polar surface area (TPSA) is 50.2 Å². The zero-order chi connectivity index (χ0) is 13.7. The SMILES string of the molecule is CCC1CCCC(CCc2cccnc2)(C(=O)O)C1. The van der Waals surface area contributed by atoms with Crippen molar-refractivity contribution >= 4 is 5.97 Å². The third-order valence-electron chi connectivity index (χ3n) is 4.59. The number of carboxylic acid groups (broad SMARTS) is 1. The van der Waals surface area contributed by atoms with Gasteiger partial charge in [-0.1, -0.05) is 32.3 Å². The molecule has 1 saturated carbocycles. The van der Waals surface area contributed by atoms with Gasteiger partial charge in [0.05, 0.1) is 5.41 Å². The van der Waals surface area contributed by atoms with Crippen LogP contribution in [0.4, 0.5) is 0 Å². The van der Waals surface area contributed by atoms with Crippen molar-refractivity contribution in [2.24, 2.45) is 11.3 Å². The number of nitrogens with zero attached hydrogens (tertiary/aromatic N) is 1. The molecule has 1 aromatic rings. The van der Waals surface area contributed by atoms with Crippen LogP contribution in [0.15, 0.2) is 24.5 Å². The normalized spacial score (nSPS) is 27.1. The standard InChI is InChI=1S/C16H23NO2/c1-2-13-5-3-8-16(11-13,15(18)19)9-7-14-6-4-10-17-12-14/h4,6,10,12-13H,2-3,5,7-9,11H2,1H3,(H,18,19). The van der Waals surface area contributed by atoms with E-state index in [1.54, 1.807) is 6.20 Å². The summed E-state index contributed by atoms with van der Waals surface area (Å²) in [6.07, 6.45) is 10.2. The van der Waals surface area contributed by atoms with Crippen LogP contribution in [0.3, 0.4) is 0 Å². The van der Waals surface area contributed by atoms with Crippen molar-refractivity contribution in [3.05, 3.63) is 30.1 Å². The minimum Gasteiger partial charge on any atom is -0.481 e. The molecule has 1 aliphatic rings. The lowest BCUT2D eigenvalue weighted by Crippen LogP contribution is -2.37. The predicted molar refractivity (Wildman–Crippen MR) is 74.9 cm³/mol.